The number of ketones is 1. The maximum Gasteiger partial charge on any atom is 0.161 e. The summed E-state index contributed by atoms with van der Waals surface area (Å²) in [4.78, 5) is 12.7. The zero-order valence-corrected chi connectivity index (χ0v) is 21.9. The minimum atomic E-state index is -0.195. The van der Waals surface area contributed by atoms with Gasteiger partial charge in [0.1, 0.15) is 0 Å². The molecule has 0 aromatic heterocycles. The van der Waals surface area contributed by atoms with Crippen LogP contribution in [-0.2, 0) is 4.79 Å². The highest BCUT2D eigenvalue weighted by atomic mass is 16.1. The smallest absolute Gasteiger partial charge is 0.161 e. The van der Waals surface area contributed by atoms with Crippen molar-refractivity contribution in [3.63, 3.8) is 0 Å². The van der Waals surface area contributed by atoms with Crippen LogP contribution in [0, 0.1) is 57.2 Å². The molecule has 3 fully saturated rings. The van der Waals surface area contributed by atoms with Gasteiger partial charge in [-0.05, 0) is 96.4 Å². The molecule has 3 saturated carbocycles. The molecular formula is C30H50O. The number of hydrogen-bond donors (Lipinski definition) is 0. The minimum Gasteiger partial charge on any atom is -0.294 e. The van der Waals surface area contributed by atoms with Crippen LogP contribution in [0.3, 0.4) is 0 Å². The first-order chi connectivity index (χ1) is 14.4. The molecular weight excluding hydrogens is 376 g/mol. The van der Waals surface area contributed by atoms with Crippen LogP contribution in [0.2, 0.25) is 0 Å². The largest absolute Gasteiger partial charge is 0.294 e. The molecule has 0 aromatic rings. The molecule has 8 atom stereocenters. The van der Waals surface area contributed by atoms with Crippen LogP contribution in [0.25, 0.3) is 0 Å². The fraction of sp³-hybridized carbons (Fsp3) is 0.900. The van der Waals surface area contributed by atoms with Gasteiger partial charge in [0.05, 0.1) is 0 Å². The second-order valence-corrected chi connectivity index (χ2v) is 13.9. The van der Waals surface area contributed by atoms with E-state index in [0.717, 1.165) is 29.6 Å². The highest BCUT2D eigenvalue weighted by molar-refractivity contribution is 5.95. The van der Waals surface area contributed by atoms with Crippen LogP contribution >= 0.6 is 0 Å². The molecule has 1 unspecified atom stereocenters. The molecule has 0 saturated heterocycles. The van der Waals surface area contributed by atoms with Crippen molar-refractivity contribution in [2.24, 2.45) is 57.2 Å². The molecule has 4 rings (SSSR count). The van der Waals surface area contributed by atoms with E-state index >= 15 is 0 Å². The third-order valence-corrected chi connectivity index (χ3v) is 11.9. The fourth-order valence-electron chi connectivity index (χ4n) is 9.82. The van der Waals surface area contributed by atoms with Crippen LogP contribution in [0.15, 0.2) is 12.2 Å². The van der Waals surface area contributed by atoms with Gasteiger partial charge in [-0.3, -0.25) is 4.79 Å². The topological polar surface area (TPSA) is 17.1 Å². The van der Waals surface area contributed by atoms with Crippen LogP contribution in [0.4, 0.5) is 0 Å². The molecule has 1 nitrogen and oxygen atoms in total. The predicted molar refractivity (Wildman–Crippen MR) is 132 cm³/mol. The number of carbonyl (C=O) groups is 1. The Labute approximate surface area is 193 Å². The highest BCUT2D eigenvalue weighted by Crippen LogP contribution is 2.73. The maximum absolute atomic E-state index is 12.7. The zero-order valence-electron chi connectivity index (χ0n) is 21.9. The summed E-state index contributed by atoms with van der Waals surface area (Å²) in [6.07, 6.45) is 16.8. The molecule has 0 aromatic carbocycles. The monoisotopic (exact) mass is 426 g/mol. The van der Waals surface area contributed by atoms with Crippen LogP contribution < -0.4 is 0 Å². The van der Waals surface area contributed by atoms with Gasteiger partial charge in [-0.1, -0.05) is 80.7 Å². The fourth-order valence-corrected chi connectivity index (χ4v) is 9.82. The van der Waals surface area contributed by atoms with Gasteiger partial charge in [-0.25, -0.2) is 0 Å². The third kappa shape index (κ3) is 3.33. The maximum atomic E-state index is 12.7. The average Bonchev–Trinajstić information content (AvgIpc) is 2.96. The van der Waals surface area contributed by atoms with Crippen molar-refractivity contribution in [2.45, 2.75) is 113 Å². The molecule has 0 bridgehead atoms. The Morgan fingerprint density at radius 3 is 2.23 bits per heavy atom. The average molecular weight is 427 g/mol. The molecule has 4 aliphatic rings. The molecule has 1 heteroatoms. The Morgan fingerprint density at radius 1 is 0.871 bits per heavy atom. The summed E-state index contributed by atoms with van der Waals surface area (Å²) in [5.41, 5.74) is 0.976. The summed E-state index contributed by atoms with van der Waals surface area (Å²) in [5.74, 6) is 5.05. The van der Waals surface area contributed by atoms with Gasteiger partial charge >= 0.3 is 0 Å². The number of rotatable bonds is 5. The molecule has 0 aliphatic heterocycles. The lowest BCUT2D eigenvalue weighted by Crippen LogP contribution is -2.59. The Balaban J connectivity index is 1.58. The van der Waals surface area contributed by atoms with E-state index in [0.29, 0.717) is 22.5 Å². The molecule has 0 heterocycles. The summed E-state index contributed by atoms with van der Waals surface area (Å²) in [7, 11) is 0. The number of hydrogen-bond acceptors (Lipinski definition) is 1. The van der Waals surface area contributed by atoms with Gasteiger partial charge < -0.3 is 0 Å². The normalized spacial score (nSPS) is 47.1. The number of allylic oxidation sites excluding steroid dienone is 2. The quantitative estimate of drug-likeness (QED) is 0.431. The van der Waals surface area contributed by atoms with Crippen molar-refractivity contribution in [3.8, 4) is 0 Å². The molecule has 176 valence electrons. The van der Waals surface area contributed by atoms with Gasteiger partial charge in [-0.15, -0.1) is 0 Å². The zero-order chi connectivity index (χ0) is 22.8. The highest BCUT2D eigenvalue weighted by Gasteiger charge is 2.66. The molecule has 0 radical (unpaired) electrons. The second kappa shape index (κ2) is 7.73. The molecule has 31 heavy (non-hydrogen) atoms. The Morgan fingerprint density at radius 2 is 1.55 bits per heavy atom. The van der Waals surface area contributed by atoms with Gasteiger partial charge in [0.2, 0.25) is 0 Å². The van der Waals surface area contributed by atoms with E-state index in [-0.39, 0.29) is 10.8 Å². The van der Waals surface area contributed by atoms with Gasteiger partial charge in [0.15, 0.2) is 5.78 Å². The van der Waals surface area contributed by atoms with Crippen LogP contribution in [0.5, 0.6) is 0 Å². The number of fused-ring (bicyclic) bond motifs is 5. The standard InChI is InChI=1S/C30H50O/c1-20(2)10-9-11-21(3)22-14-18-30(8)24-12-13-25-27(4,5)26(31)16-17-28(25,6)23(24)15-19-29(22,30)7/h16-17,20-25H,9-15,18-19H2,1-8H3/t21-,22-,23+,24-,25?,28-,29-,30+/m1/s1. The van der Waals surface area contributed by atoms with Crippen molar-refractivity contribution in [3.05, 3.63) is 12.2 Å². The molecule has 0 N–H and O–H groups in total. The first-order valence-corrected chi connectivity index (χ1v) is 13.6. The van der Waals surface area contributed by atoms with E-state index in [1.54, 1.807) is 0 Å². The summed E-state index contributed by atoms with van der Waals surface area (Å²) in [6, 6.07) is 0. The van der Waals surface area contributed by atoms with Gasteiger partial charge in [-0.2, -0.15) is 0 Å². The van der Waals surface area contributed by atoms with Crippen molar-refractivity contribution < 1.29 is 4.79 Å². The third-order valence-electron chi connectivity index (χ3n) is 11.9. The lowest BCUT2D eigenvalue weighted by Gasteiger charge is -2.65. The lowest BCUT2D eigenvalue weighted by molar-refractivity contribution is -0.159. The van der Waals surface area contributed by atoms with Crippen molar-refractivity contribution in [1.82, 2.24) is 0 Å². The number of carbonyl (C=O) groups excluding carboxylic acids is 1. The van der Waals surface area contributed by atoms with Crippen LogP contribution in [0.1, 0.15) is 113 Å². The second-order valence-electron chi connectivity index (χ2n) is 13.9. The van der Waals surface area contributed by atoms with E-state index in [1.807, 2.05) is 6.08 Å². The van der Waals surface area contributed by atoms with E-state index < -0.39 is 0 Å². The van der Waals surface area contributed by atoms with Gasteiger partial charge in [0, 0.05) is 5.41 Å². The lowest BCUT2D eigenvalue weighted by atomic mass is 9.39. The first-order valence-electron chi connectivity index (χ1n) is 13.6. The van der Waals surface area contributed by atoms with Crippen molar-refractivity contribution in [2.75, 3.05) is 0 Å². The van der Waals surface area contributed by atoms with E-state index in [2.05, 4.69) is 61.5 Å². The predicted octanol–water partition coefficient (Wildman–Crippen LogP) is 8.48. The van der Waals surface area contributed by atoms with Crippen molar-refractivity contribution in [1.29, 1.82) is 0 Å². The van der Waals surface area contributed by atoms with E-state index in [9.17, 15) is 4.79 Å². The summed E-state index contributed by atoms with van der Waals surface area (Å²) in [5, 5.41) is 0. The summed E-state index contributed by atoms with van der Waals surface area (Å²) < 4.78 is 0. The Kier molecular flexibility index (Phi) is 5.88. The van der Waals surface area contributed by atoms with E-state index in [1.165, 1.54) is 57.8 Å². The SMILES string of the molecule is CC(C)CCC[C@@H](C)[C@H]1CC[C@@]2(C)[C@@H]3CCC4C(C)(C)C(=O)C=C[C@]4(C)[C@H]3CC[C@]12C. The Hall–Kier alpha value is -0.590. The summed E-state index contributed by atoms with van der Waals surface area (Å²) in [6.45, 7) is 19.7. The van der Waals surface area contributed by atoms with Crippen LogP contribution in [-0.4, -0.2) is 5.78 Å². The molecule has 0 amide bonds. The minimum absolute atomic E-state index is 0.195. The molecule has 4 aliphatic carbocycles. The van der Waals surface area contributed by atoms with E-state index in [4.69, 9.17) is 0 Å². The van der Waals surface area contributed by atoms with Crippen molar-refractivity contribution >= 4 is 5.78 Å². The first kappa shape index (κ1) is 23.6. The molecule has 0 spiro atoms. The summed E-state index contributed by atoms with van der Waals surface area (Å²) >= 11 is 0. The Bertz CT molecular complexity index is 731. The van der Waals surface area contributed by atoms with Gasteiger partial charge in [0.25, 0.3) is 0 Å².